The summed E-state index contributed by atoms with van der Waals surface area (Å²) >= 11 is 0. The third kappa shape index (κ3) is 1.40. The third-order valence-electron chi connectivity index (χ3n) is 3.94. The zero-order valence-electron chi connectivity index (χ0n) is 10.2. The Kier molecular flexibility index (Phi) is 2.07. The van der Waals surface area contributed by atoms with Gasteiger partial charge in [-0.15, -0.1) is 0 Å². The van der Waals surface area contributed by atoms with Crippen molar-refractivity contribution in [2.75, 3.05) is 5.32 Å². The zero-order valence-corrected chi connectivity index (χ0v) is 10.2. The lowest BCUT2D eigenvalue weighted by molar-refractivity contribution is 0.911. The minimum atomic E-state index is 1.07. The lowest BCUT2D eigenvalue weighted by Gasteiger charge is -2.26. The van der Waals surface area contributed by atoms with Crippen molar-refractivity contribution < 1.29 is 0 Å². The Morgan fingerprint density at radius 1 is 1.00 bits per heavy atom. The minimum absolute atomic E-state index is 1.07. The molecule has 0 saturated carbocycles. The third-order valence-corrected chi connectivity index (χ3v) is 3.94. The van der Waals surface area contributed by atoms with Crippen molar-refractivity contribution in [3.8, 4) is 0 Å². The quantitative estimate of drug-likeness (QED) is 0.710. The molecule has 2 aromatic carbocycles. The summed E-state index contributed by atoms with van der Waals surface area (Å²) < 4.78 is 0. The smallest absolute Gasteiger partial charge is 0.0497 e. The topological polar surface area (TPSA) is 12.0 Å². The van der Waals surface area contributed by atoms with E-state index in [1.807, 2.05) is 0 Å². The largest absolute Gasteiger partial charge is 0.358 e. The van der Waals surface area contributed by atoms with Crippen molar-refractivity contribution in [2.45, 2.75) is 19.3 Å². The highest BCUT2D eigenvalue weighted by atomic mass is 14.9. The van der Waals surface area contributed by atoms with Crippen LogP contribution in [0.25, 0.3) is 10.8 Å². The number of fused-ring (bicyclic) bond motifs is 3. The standard InChI is InChI=1S/C17H15N/c1-3-7-15-12(5-1)9-10-14-11-13-6-2-4-8-16(13)18-17(14)15/h1-3,5-7,9-10,18H,4,8,11H2. The number of benzene rings is 2. The van der Waals surface area contributed by atoms with Crippen LogP contribution in [0.1, 0.15) is 18.4 Å². The second-order valence-electron chi connectivity index (χ2n) is 5.07. The van der Waals surface area contributed by atoms with Crippen LogP contribution in [0.2, 0.25) is 0 Å². The normalized spacial score (nSPS) is 17.3. The van der Waals surface area contributed by atoms with E-state index < -0.39 is 0 Å². The number of hydrogen-bond donors (Lipinski definition) is 1. The van der Waals surface area contributed by atoms with Crippen LogP contribution >= 0.6 is 0 Å². The summed E-state index contributed by atoms with van der Waals surface area (Å²) in [5.74, 6) is 0. The predicted octanol–water partition coefficient (Wildman–Crippen LogP) is 4.41. The molecule has 4 rings (SSSR count). The molecule has 2 aromatic rings. The van der Waals surface area contributed by atoms with Gasteiger partial charge in [0.15, 0.2) is 0 Å². The molecule has 88 valence electrons. The Hall–Kier alpha value is -2.02. The molecule has 0 bridgehead atoms. The molecule has 0 atom stereocenters. The highest BCUT2D eigenvalue weighted by Crippen LogP contribution is 2.36. The van der Waals surface area contributed by atoms with Gasteiger partial charge in [0, 0.05) is 23.2 Å². The lowest BCUT2D eigenvalue weighted by atomic mass is 9.90. The van der Waals surface area contributed by atoms with Crippen LogP contribution in [0.3, 0.4) is 0 Å². The summed E-state index contributed by atoms with van der Waals surface area (Å²) in [7, 11) is 0. The maximum Gasteiger partial charge on any atom is 0.0497 e. The number of anilines is 1. The van der Waals surface area contributed by atoms with E-state index >= 15 is 0 Å². The van der Waals surface area contributed by atoms with Gasteiger partial charge < -0.3 is 5.32 Å². The van der Waals surface area contributed by atoms with Gasteiger partial charge in [-0.3, -0.25) is 0 Å². The molecule has 0 amide bonds. The molecule has 18 heavy (non-hydrogen) atoms. The van der Waals surface area contributed by atoms with Gasteiger partial charge in [-0.05, 0) is 29.4 Å². The van der Waals surface area contributed by atoms with E-state index in [-0.39, 0.29) is 0 Å². The van der Waals surface area contributed by atoms with Crippen molar-refractivity contribution >= 4 is 16.5 Å². The molecule has 0 unspecified atom stereocenters. The molecule has 0 spiro atoms. The molecule has 0 saturated heterocycles. The predicted molar refractivity (Wildman–Crippen MR) is 76.7 cm³/mol. The first-order chi connectivity index (χ1) is 8.92. The Bertz CT molecular complexity index is 692. The number of hydrogen-bond acceptors (Lipinski definition) is 1. The molecule has 0 aromatic heterocycles. The first kappa shape index (κ1) is 9.95. The molecular weight excluding hydrogens is 218 g/mol. The Labute approximate surface area is 107 Å². The molecule has 1 aliphatic carbocycles. The molecule has 1 N–H and O–H groups in total. The van der Waals surface area contributed by atoms with Crippen molar-refractivity contribution in [3.05, 3.63) is 65.4 Å². The van der Waals surface area contributed by atoms with Gasteiger partial charge in [0.1, 0.15) is 0 Å². The van der Waals surface area contributed by atoms with Crippen LogP contribution in [0, 0.1) is 0 Å². The summed E-state index contributed by atoms with van der Waals surface area (Å²) in [5, 5.41) is 6.33. The van der Waals surface area contributed by atoms with Crippen LogP contribution in [-0.4, -0.2) is 0 Å². The van der Waals surface area contributed by atoms with E-state index in [0.29, 0.717) is 0 Å². The van der Waals surface area contributed by atoms with Crippen LogP contribution < -0.4 is 5.32 Å². The molecule has 1 nitrogen and oxygen atoms in total. The van der Waals surface area contributed by atoms with Gasteiger partial charge in [0.25, 0.3) is 0 Å². The number of allylic oxidation sites excluding steroid dienone is 4. The fraction of sp³-hybridized carbons (Fsp3) is 0.176. The SMILES string of the molecule is C1=CC2=C(CC1)Nc1c(ccc3ccccc13)C2. The molecule has 1 heterocycles. The molecular formula is C17H15N. The minimum Gasteiger partial charge on any atom is -0.358 e. The average Bonchev–Trinajstić information content (AvgIpc) is 2.45. The molecule has 0 fully saturated rings. The maximum atomic E-state index is 3.67. The maximum absolute atomic E-state index is 3.67. The monoisotopic (exact) mass is 233 g/mol. The van der Waals surface area contributed by atoms with E-state index in [1.54, 1.807) is 0 Å². The lowest BCUT2D eigenvalue weighted by Crippen LogP contribution is -2.14. The zero-order chi connectivity index (χ0) is 11.9. The van der Waals surface area contributed by atoms with E-state index in [2.05, 4.69) is 53.9 Å². The fourth-order valence-corrected chi connectivity index (χ4v) is 2.99. The second kappa shape index (κ2) is 3.74. The van der Waals surface area contributed by atoms with Crippen molar-refractivity contribution in [1.29, 1.82) is 0 Å². The summed E-state index contributed by atoms with van der Waals surface area (Å²) in [6.45, 7) is 0. The van der Waals surface area contributed by atoms with Gasteiger partial charge in [-0.25, -0.2) is 0 Å². The van der Waals surface area contributed by atoms with Gasteiger partial charge in [-0.2, -0.15) is 0 Å². The van der Waals surface area contributed by atoms with Crippen LogP contribution in [-0.2, 0) is 6.42 Å². The second-order valence-corrected chi connectivity index (χ2v) is 5.07. The Balaban J connectivity index is 1.92. The Morgan fingerprint density at radius 3 is 2.94 bits per heavy atom. The van der Waals surface area contributed by atoms with Gasteiger partial charge in [-0.1, -0.05) is 48.6 Å². The summed E-state index contributed by atoms with van der Waals surface area (Å²) in [4.78, 5) is 0. The number of nitrogens with one attached hydrogen (secondary N) is 1. The Morgan fingerprint density at radius 2 is 1.94 bits per heavy atom. The van der Waals surface area contributed by atoms with E-state index in [0.717, 1.165) is 19.3 Å². The van der Waals surface area contributed by atoms with Crippen LogP contribution in [0.4, 0.5) is 5.69 Å². The van der Waals surface area contributed by atoms with Crippen molar-refractivity contribution in [3.63, 3.8) is 0 Å². The summed E-state index contributed by atoms with van der Waals surface area (Å²) in [6, 6.07) is 13.1. The van der Waals surface area contributed by atoms with Crippen LogP contribution in [0.5, 0.6) is 0 Å². The van der Waals surface area contributed by atoms with Gasteiger partial charge >= 0.3 is 0 Å². The van der Waals surface area contributed by atoms with E-state index in [4.69, 9.17) is 0 Å². The first-order valence-electron chi connectivity index (χ1n) is 6.58. The summed E-state index contributed by atoms with van der Waals surface area (Å²) in [6.07, 6.45) is 7.94. The average molecular weight is 233 g/mol. The van der Waals surface area contributed by atoms with Crippen LogP contribution in [0.15, 0.2) is 59.8 Å². The summed E-state index contributed by atoms with van der Waals surface area (Å²) in [5.41, 5.74) is 5.62. The fourth-order valence-electron chi connectivity index (χ4n) is 2.99. The first-order valence-corrected chi connectivity index (χ1v) is 6.58. The van der Waals surface area contributed by atoms with Gasteiger partial charge in [0.05, 0.1) is 0 Å². The highest BCUT2D eigenvalue weighted by molar-refractivity contribution is 5.97. The molecule has 1 heteroatoms. The van der Waals surface area contributed by atoms with Gasteiger partial charge in [0.2, 0.25) is 0 Å². The van der Waals surface area contributed by atoms with E-state index in [9.17, 15) is 0 Å². The number of rotatable bonds is 0. The van der Waals surface area contributed by atoms with Crippen molar-refractivity contribution in [1.82, 2.24) is 0 Å². The molecule has 2 aliphatic rings. The van der Waals surface area contributed by atoms with E-state index in [1.165, 1.54) is 33.3 Å². The van der Waals surface area contributed by atoms with Crippen molar-refractivity contribution in [2.24, 2.45) is 0 Å². The highest BCUT2D eigenvalue weighted by Gasteiger charge is 2.18. The molecule has 0 radical (unpaired) electrons. The molecule has 1 aliphatic heterocycles.